The van der Waals surface area contributed by atoms with Crippen LogP contribution >= 0.6 is 0 Å². The first-order valence-corrected chi connectivity index (χ1v) is 7.15. The quantitative estimate of drug-likeness (QED) is 0.406. The summed E-state index contributed by atoms with van der Waals surface area (Å²) in [4.78, 5) is 34.1. The van der Waals surface area contributed by atoms with Gasteiger partial charge in [0.25, 0.3) is 0 Å². The van der Waals surface area contributed by atoms with Gasteiger partial charge in [-0.15, -0.1) is 0 Å². The van der Waals surface area contributed by atoms with Crippen molar-refractivity contribution in [1.82, 2.24) is 0 Å². The topological polar surface area (TPSA) is 78.9 Å². The van der Waals surface area contributed by atoms with E-state index in [4.69, 9.17) is 14.2 Å². The van der Waals surface area contributed by atoms with Crippen molar-refractivity contribution in [2.45, 2.75) is 38.1 Å². The zero-order valence-corrected chi connectivity index (χ0v) is 11.8. The third-order valence-corrected chi connectivity index (χ3v) is 4.62. The van der Waals surface area contributed by atoms with Gasteiger partial charge in [0.2, 0.25) is 0 Å². The van der Waals surface area contributed by atoms with Crippen LogP contribution in [0.2, 0.25) is 0 Å². The van der Waals surface area contributed by atoms with Crippen molar-refractivity contribution in [2.24, 2.45) is 17.8 Å². The lowest BCUT2D eigenvalue weighted by molar-refractivity contribution is -0.156. The molecule has 6 unspecified atom stereocenters. The number of aldehydes is 1. The number of ether oxygens (including phenoxy) is 3. The minimum atomic E-state index is -0.838. The molecule has 6 heteroatoms. The number of carbonyl (C=O) groups is 3. The van der Waals surface area contributed by atoms with E-state index in [1.807, 2.05) is 0 Å². The van der Waals surface area contributed by atoms with Crippen molar-refractivity contribution in [3.8, 4) is 0 Å². The molecule has 2 aliphatic carbocycles. The average Bonchev–Trinajstić information content (AvgIpc) is 3.06. The summed E-state index contributed by atoms with van der Waals surface area (Å²) in [5.41, 5.74) is 0.270. The van der Waals surface area contributed by atoms with Gasteiger partial charge >= 0.3 is 11.9 Å². The second-order valence-electron chi connectivity index (χ2n) is 6.06. The fraction of sp³-hybridized carbons (Fsp3) is 0.667. The van der Waals surface area contributed by atoms with Crippen LogP contribution in [-0.4, -0.2) is 43.1 Å². The van der Waals surface area contributed by atoms with Gasteiger partial charge in [-0.25, -0.2) is 4.79 Å². The molecule has 1 heterocycles. The number of esters is 2. The van der Waals surface area contributed by atoms with Gasteiger partial charge in [-0.2, -0.15) is 0 Å². The standard InChI is InChI=1S/C15H18O6/c1-7(2)14(17)19-6-9(5-16)20-12-8-3-10-11(4-8)15(18)21-13(10)12/h5,8-13H,1,3-4,6H2,2H3. The number of fused-ring (bicyclic) bond motifs is 1. The molecule has 0 N–H and O–H groups in total. The predicted octanol–water partition coefficient (Wildman–Crippen LogP) is 0.640. The molecule has 114 valence electrons. The van der Waals surface area contributed by atoms with Crippen LogP contribution in [0.5, 0.6) is 0 Å². The van der Waals surface area contributed by atoms with Crippen LogP contribution < -0.4 is 0 Å². The average molecular weight is 294 g/mol. The second-order valence-corrected chi connectivity index (χ2v) is 6.06. The number of rotatable bonds is 6. The van der Waals surface area contributed by atoms with E-state index in [1.54, 1.807) is 0 Å². The highest BCUT2D eigenvalue weighted by Crippen LogP contribution is 2.55. The van der Waals surface area contributed by atoms with E-state index in [1.165, 1.54) is 6.92 Å². The molecular formula is C15H18O6. The Labute approximate surface area is 122 Å². The number of hydrogen-bond donors (Lipinski definition) is 0. The molecule has 0 aromatic carbocycles. The highest BCUT2D eigenvalue weighted by molar-refractivity contribution is 5.87. The zero-order valence-electron chi connectivity index (χ0n) is 11.8. The minimum absolute atomic E-state index is 0.00998. The van der Waals surface area contributed by atoms with Gasteiger partial charge in [-0.05, 0) is 25.7 Å². The summed E-state index contributed by atoms with van der Waals surface area (Å²) in [6.07, 6.45) is 0.934. The largest absolute Gasteiger partial charge is 0.459 e. The van der Waals surface area contributed by atoms with E-state index < -0.39 is 12.1 Å². The van der Waals surface area contributed by atoms with Crippen LogP contribution in [0.25, 0.3) is 0 Å². The highest BCUT2D eigenvalue weighted by atomic mass is 16.6. The Kier molecular flexibility index (Phi) is 3.57. The van der Waals surface area contributed by atoms with Gasteiger partial charge in [-0.3, -0.25) is 4.79 Å². The van der Waals surface area contributed by atoms with Crippen molar-refractivity contribution < 1.29 is 28.6 Å². The number of carbonyl (C=O) groups excluding carboxylic acids is 3. The first-order chi connectivity index (χ1) is 10.0. The van der Waals surface area contributed by atoms with Gasteiger partial charge in [0.15, 0.2) is 6.29 Å². The first-order valence-electron chi connectivity index (χ1n) is 7.15. The second kappa shape index (κ2) is 5.26. The molecule has 3 aliphatic rings. The molecular weight excluding hydrogens is 276 g/mol. The Morgan fingerprint density at radius 3 is 2.95 bits per heavy atom. The lowest BCUT2D eigenvalue weighted by Gasteiger charge is -2.27. The third kappa shape index (κ3) is 2.37. The fourth-order valence-electron chi connectivity index (χ4n) is 3.68. The molecule has 0 aromatic rings. The van der Waals surface area contributed by atoms with Crippen molar-refractivity contribution in [3.63, 3.8) is 0 Å². The third-order valence-electron chi connectivity index (χ3n) is 4.62. The van der Waals surface area contributed by atoms with E-state index in [9.17, 15) is 14.4 Å². The van der Waals surface area contributed by atoms with Crippen LogP contribution in [0.3, 0.4) is 0 Å². The van der Waals surface area contributed by atoms with E-state index in [-0.39, 0.29) is 48.1 Å². The molecule has 0 radical (unpaired) electrons. The van der Waals surface area contributed by atoms with Crippen molar-refractivity contribution in [2.75, 3.05) is 6.61 Å². The summed E-state index contributed by atoms with van der Waals surface area (Å²) >= 11 is 0. The normalized spacial score (nSPS) is 37.2. The monoisotopic (exact) mass is 294 g/mol. The summed E-state index contributed by atoms with van der Waals surface area (Å²) in [5.74, 6) is -0.218. The van der Waals surface area contributed by atoms with E-state index in [0.717, 1.165) is 12.8 Å². The van der Waals surface area contributed by atoms with E-state index in [2.05, 4.69) is 6.58 Å². The lowest BCUT2D eigenvalue weighted by atomic mass is 9.88. The Morgan fingerprint density at radius 2 is 2.29 bits per heavy atom. The van der Waals surface area contributed by atoms with Gasteiger partial charge in [0, 0.05) is 11.5 Å². The Hall–Kier alpha value is -1.69. The maximum atomic E-state index is 11.7. The molecule has 6 nitrogen and oxygen atoms in total. The molecule has 6 atom stereocenters. The smallest absolute Gasteiger partial charge is 0.333 e. The van der Waals surface area contributed by atoms with Crippen molar-refractivity contribution >= 4 is 18.2 Å². The minimum Gasteiger partial charge on any atom is -0.459 e. The summed E-state index contributed by atoms with van der Waals surface area (Å²) < 4.78 is 16.1. The Bertz CT molecular complexity index is 498. The van der Waals surface area contributed by atoms with Crippen LogP contribution in [-0.2, 0) is 28.6 Å². The molecule has 2 saturated carbocycles. The maximum absolute atomic E-state index is 11.7. The van der Waals surface area contributed by atoms with Gasteiger partial charge in [-0.1, -0.05) is 6.58 Å². The SMILES string of the molecule is C=C(C)C(=O)OCC(C=O)OC1C2CC3C(=O)OC1C3C2. The van der Waals surface area contributed by atoms with Crippen LogP contribution in [0.1, 0.15) is 19.8 Å². The molecule has 0 amide bonds. The van der Waals surface area contributed by atoms with Crippen LogP contribution in [0, 0.1) is 17.8 Å². The Morgan fingerprint density at radius 1 is 1.52 bits per heavy atom. The summed E-state index contributed by atoms with van der Waals surface area (Å²) in [6, 6.07) is 0. The van der Waals surface area contributed by atoms with Crippen molar-refractivity contribution in [3.05, 3.63) is 12.2 Å². The summed E-state index contributed by atoms with van der Waals surface area (Å²) in [5, 5.41) is 0. The zero-order chi connectivity index (χ0) is 15.1. The lowest BCUT2D eigenvalue weighted by Crippen LogP contribution is -2.39. The molecule has 2 bridgehead atoms. The van der Waals surface area contributed by atoms with Crippen LogP contribution in [0.15, 0.2) is 12.2 Å². The van der Waals surface area contributed by atoms with Gasteiger partial charge in [0.05, 0.1) is 12.0 Å². The van der Waals surface area contributed by atoms with E-state index >= 15 is 0 Å². The Balaban J connectivity index is 1.58. The molecule has 3 fully saturated rings. The van der Waals surface area contributed by atoms with Gasteiger partial charge in [0.1, 0.15) is 18.8 Å². The molecule has 0 aromatic heterocycles. The molecule has 21 heavy (non-hydrogen) atoms. The first kappa shape index (κ1) is 14.3. The summed E-state index contributed by atoms with van der Waals surface area (Å²) in [6.45, 7) is 4.86. The molecule has 1 aliphatic heterocycles. The predicted molar refractivity (Wildman–Crippen MR) is 70.1 cm³/mol. The van der Waals surface area contributed by atoms with Crippen LogP contribution in [0.4, 0.5) is 0 Å². The van der Waals surface area contributed by atoms with Crippen molar-refractivity contribution in [1.29, 1.82) is 0 Å². The molecule has 1 saturated heterocycles. The number of hydrogen-bond acceptors (Lipinski definition) is 6. The molecule has 0 spiro atoms. The summed E-state index contributed by atoms with van der Waals surface area (Å²) in [7, 11) is 0. The van der Waals surface area contributed by atoms with Gasteiger partial charge < -0.3 is 19.0 Å². The van der Waals surface area contributed by atoms with E-state index in [0.29, 0.717) is 6.29 Å². The fourth-order valence-corrected chi connectivity index (χ4v) is 3.68. The molecule has 3 rings (SSSR count). The maximum Gasteiger partial charge on any atom is 0.333 e. The highest BCUT2D eigenvalue weighted by Gasteiger charge is 2.62.